The van der Waals surface area contributed by atoms with Crippen molar-refractivity contribution >= 4 is 6.03 Å². The average molecular weight is 230 g/mol. The van der Waals surface area contributed by atoms with Gasteiger partial charge in [-0.2, -0.15) is 0 Å². The molecule has 2 atom stereocenters. The van der Waals surface area contributed by atoms with E-state index in [-0.39, 0.29) is 24.7 Å². The van der Waals surface area contributed by atoms with Crippen LogP contribution in [0, 0.1) is 5.41 Å². The van der Waals surface area contributed by atoms with E-state index in [0.29, 0.717) is 5.41 Å². The zero-order valence-electron chi connectivity index (χ0n) is 11.1. The van der Waals surface area contributed by atoms with E-state index >= 15 is 0 Å². The van der Waals surface area contributed by atoms with Gasteiger partial charge in [0.1, 0.15) is 0 Å². The molecule has 0 aliphatic rings. The molecule has 4 nitrogen and oxygen atoms in total. The second kappa shape index (κ2) is 6.74. The van der Waals surface area contributed by atoms with E-state index in [9.17, 15) is 4.79 Å². The molecule has 0 saturated heterocycles. The highest BCUT2D eigenvalue weighted by atomic mass is 16.3. The summed E-state index contributed by atoms with van der Waals surface area (Å²) in [4.78, 5) is 11.4. The molecular formula is C12H26N2O2. The minimum atomic E-state index is -0.206. The highest BCUT2D eigenvalue weighted by Crippen LogP contribution is 2.21. The molecule has 0 aromatic carbocycles. The highest BCUT2D eigenvalue weighted by molar-refractivity contribution is 5.74. The molecule has 2 unspecified atom stereocenters. The van der Waals surface area contributed by atoms with Crippen LogP contribution in [0.25, 0.3) is 0 Å². The maximum absolute atomic E-state index is 11.4. The third kappa shape index (κ3) is 8.53. The predicted octanol–water partition coefficient (Wildman–Crippen LogP) is 1.88. The van der Waals surface area contributed by atoms with Crippen LogP contribution in [0.5, 0.6) is 0 Å². The molecule has 0 saturated carbocycles. The number of amides is 2. The van der Waals surface area contributed by atoms with Gasteiger partial charge in [-0.25, -0.2) is 4.79 Å². The van der Waals surface area contributed by atoms with Crippen LogP contribution in [0.1, 0.15) is 47.5 Å². The van der Waals surface area contributed by atoms with Gasteiger partial charge in [0.2, 0.25) is 0 Å². The smallest absolute Gasteiger partial charge is 0.315 e. The normalized spacial score (nSPS) is 15.4. The van der Waals surface area contributed by atoms with Crippen molar-refractivity contribution in [3.63, 3.8) is 0 Å². The van der Waals surface area contributed by atoms with Crippen LogP contribution in [-0.4, -0.2) is 29.8 Å². The van der Waals surface area contributed by atoms with Crippen LogP contribution in [0.2, 0.25) is 0 Å². The van der Waals surface area contributed by atoms with Gasteiger partial charge >= 0.3 is 6.03 Å². The van der Waals surface area contributed by atoms with E-state index in [1.807, 2.05) is 6.92 Å². The third-order valence-corrected chi connectivity index (χ3v) is 2.36. The summed E-state index contributed by atoms with van der Waals surface area (Å²) in [5.41, 5.74) is 0.296. The van der Waals surface area contributed by atoms with Crippen LogP contribution in [0.3, 0.4) is 0 Å². The second-order valence-corrected chi connectivity index (χ2v) is 5.70. The SMILES string of the molecule is CC(CO)NC(=O)NC(C)CCC(C)(C)C. The molecule has 0 radical (unpaired) electrons. The number of aliphatic hydroxyl groups is 1. The molecule has 0 aromatic heterocycles. The van der Waals surface area contributed by atoms with E-state index in [1.165, 1.54) is 0 Å². The van der Waals surface area contributed by atoms with Gasteiger partial charge < -0.3 is 15.7 Å². The van der Waals surface area contributed by atoms with Gasteiger partial charge in [0.25, 0.3) is 0 Å². The fourth-order valence-electron chi connectivity index (χ4n) is 1.26. The number of carbonyl (C=O) groups is 1. The molecule has 96 valence electrons. The summed E-state index contributed by atoms with van der Waals surface area (Å²) in [7, 11) is 0. The monoisotopic (exact) mass is 230 g/mol. The van der Waals surface area contributed by atoms with Crippen LogP contribution >= 0.6 is 0 Å². The van der Waals surface area contributed by atoms with Crippen LogP contribution in [0.4, 0.5) is 4.79 Å². The first-order valence-corrected chi connectivity index (χ1v) is 5.92. The lowest BCUT2D eigenvalue weighted by atomic mass is 9.89. The quantitative estimate of drug-likeness (QED) is 0.675. The standard InChI is InChI=1S/C12H26N2O2/c1-9(6-7-12(3,4)5)13-11(16)14-10(2)8-15/h9-10,15H,6-8H2,1-5H3,(H2,13,14,16). The van der Waals surface area contributed by atoms with Gasteiger partial charge in [0.15, 0.2) is 0 Å². The second-order valence-electron chi connectivity index (χ2n) is 5.70. The van der Waals surface area contributed by atoms with Gasteiger partial charge in [-0.15, -0.1) is 0 Å². The summed E-state index contributed by atoms with van der Waals surface area (Å²) in [6, 6.07) is -0.247. The molecule has 0 heterocycles. The molecule has 0 aliphatic heterocycles. The molecule has 0 fully saturated rings. The summed E-state index contributed by atoms with van der Waals surface area (Å²) < 4.78 is 0. The molecule has 0 bridgehead atoms. The number of urea groups is 1. The van der Waals surface area contributed by atoms with Crippen molar-refractivity contribution in [2.75, 3.05) is 6.61 Å². The van der Waals surface area contributed by atoms with Crippen molar-refractivity contribution in [2.45, 2.75) is 59.5 Å². The van der Waals surface area contributed by atoms with E-state index in [0.717, 1.165) is 12.8 Å². The lowest BCUT2D eigenvalue weighted by molar-refractivity contribution is 0.216. The Labute approximate surface area is 98.8 Å². The Bertz CT molecular complexity index is 212. The molecule has 3 N–H and O–H groups in total. The van der Waals surface area contributed by atoms with Crippen LogP contribution in [0.15, 0.2) is 0 Å². The van der Waals surface area contributed by atoms with Crippen molar-refractivity contribution in [1.82, 2.24) is 10.6 Å². The summed E-state index contributed by atoms with van der Waals surface area (Å²) >= 11 is 0. The van der Waals surface area contributed by atoms with Gasteiger partial charge in [0.05, 0.1) is 12.6 Å². The number of rotatable bonds is 5. The largest absolute Gasteiger partial charge is 0.394 e. The van der Waals surface area contributed by atoms with Crippen LogP contribution < -0.4 is 10.6 Å². The Morgan fingerprint density at radius 3 is 2.12 bits per heavy atom. The van der Waals surface area contributed by atoms with E-state index in [4.69, 9.17) is 5.11 Å². The summed E-state index contributed by atoms with van der Waals surface area (Å²) in [6.07, 6.45) is 2.04. The lowest BCUT2D eigenvalue weighted by Crippen LogP contribution is -2.45. The lowest BCUT2D eigenvalue weighted by Gasteiger charge is -2.22. The van der Waals surface area contributed by atoms with Gasteiger partial charge in [-0.05, 0) is 32.1 Å². The maximum atomic E-state index is 11.4. The Balaban J connectivity index is 3.79. The summed E-state index contributed by atoms with van der Waals surface area (Å²) in [5.74, 6) is 0. The van der Waals surface area contributed by atoms with Gasteiger partial charge in [-0.1, -0.05) is 20.8 Å². The number of nitrogens with one attached hydrogen (secondary N) is 2. The fraction of sp³-hybridized carbons (Fsp3) is 0.917. The van der Waals surface area contributed by atoms with E-state index < -0.39 is 0 Å². The van der Waals surface area contributed by atoms with Crippen LogP contribution in [-0.2, 0) is 0 Å². The average Bonchev–Trinajstić information content (AvgIpc) is 2.13. The third-order valence-electron chi connectivity index (χ3n) is 2.36. The number of aliphatic hydroxyl groups excluding tert-OH is 1. The number of carbonyl (C=O) groups excluding carboxylic acids is 1. The zero-order valence-corrected chi connectivity index (χ0v) is 11.1. The van der Waals surface area contributed by atoms with Crippen molar-refractivity contribution in [3.8, 4) is 0 Å². The number of hydrogen-bond acceptors (Lipinski definition) is 2. The molecule has 0 aliphatic carbocycles. The highest BCUT2D eigenvalue weighted by Gasteiger charge is 2.14. The Morgan fingerprint density at radius 2 is 1.69 bits per heavy atom. The Kier molecular flexibility index (Phi) is 6.41. The van der Waals surface area contributed by atoms with E-state index in [1.54, 1.807) is 6.92 Å². The fourth-order valence-corrected chi connectivity index (χ4v) is 1.26. The first kappa shape index (κ1) is 15.2. The number of hydrogen-bond donors (Lipinski definition) is 3. The maximum Gasteiger partial charge on any atom is 0.315 e. The molecule has 2 amide bonds. The van der Waals surface area contributed by atoms with Crippen molar-refractivity contribution in [3.05, 3.63) is 0 Å². The minimum absolute atomic E-state index is 0.0379. The summed E-state index contributed by atoms with van der Waals surface area (Å²) in [5, 5.41) is 14.3. The van der Waals surface area contributed by atoms with Gasteiger partial charge in [-0.3, -0.25) is 0 Å². The molecular weight excluding hydrogens is 204 g/mol. The molecule has 4 heteroatoms. The molecule has 0 aromatic rings. The van der Waals surface area contributed by atoms with Crippen molar-refractivity contribution in [2.24, 2.45) is 5.41 Å². The Morgan fingerprint density at radius 1 is 1.19 bits per heavy atom. The topological polar surface area (TPSA) is 61.4 Å². The molecule has 0 rings (SSSR count). The van der Waals surface area contributed by atoms with Gasteiger partial charge in [0, 0.05) is 6.04 Å². The zero-order chi connectivity index (χ0) is 12.8. The molecule has 16 heavy (non-hydrogen) atoms. The Hall–Kier alpha value is -0.770. The first-order chi connectivity index (χ1) is 7.24. The minimum Gasteiger partial charge on any atom is -0.394 e. The predicted molar refractivity (Wildman–Crippen MR) is 66.4 cm³/mol. The molecule has 0 spiro atoms. The van der Waals surface area contributed by atoms with Crippen molar-refractivity contribution in [1.29, 1.82) is 0 Å². The van der Waals surface area contributed by atoms with Crippen molar-refractivity contribution < 1.29 is 9.90 Å². The summed E-state index contributed by atoms with van der Waals surface area (Å²) in [6.45, 7) is 10.3. The van der Waals surface area contributed by atoms with E-state index in [2.05, 4.69) is 31.4 Å². The first-order valence-electron chi connectivity index (χ1n) is 5.92.